The molecule has 1 heterocycles. The molecule has 2 aromatic rings. The third-order valence-corrected chi connectivity index (χ3v) is 9.79. The molecule has 1 aromatic heterocycles. The quantitative estimate of drug-likeness (QED) is 0.370. The lowest BCUT2D eigenvalue weighted by Crippen LogP contribution is -2.36. The molecule has 0 bridgehead atoms. The number of hydrogen-bond acceptors (Lipinski definition) is 1. The normalized spacial score (nSPS) is 26.6. The molecule has 0 saturated heterocycles. The van der Waals surface area contributed by atoms with Gasteiger partial charge in [0.2, 0.25) is 0 Å². The van der Waals surface area contributed by atoms with Gasteiger partial charge in [-0.25, -0.2) is 0 Å². The Morgan fingerprint density at radius 2 is 1.58 bits per heavy atom. The van der Waals surface area contributed by atoms with Gasteiger partial charge >= 0.3 is 0 Å². The molecule has 2 heteroatoms. The van der Waals surface area contributed by atoms with Crippen LogP contribution in [0.1, 0.15) is 92.8 Å². The van der Waals surface area contributed by atoms with E-state index in [0.29, 0.717) is 23.9 Å². The van der Waals surface area contributed by atoms with Crippen LogP contribution in [-0.2, 0) is 12.8 Å². The largest absolute Gasteiger partial charge is 0.339 e. The summed E-state index contributed by atoms with van der Waals surface area (Å²) in [4.78, 5) is 2.65. The van der Waals surface area contributed by atoms with E-state index in [1.165, 1.54) is 87.7 Å². The van der Waals surface area contributed by atoms with Gasteiger partial charge in [0.15, 0.2) is 0 Å². The number of nitrogens with zero attached hydrogens (tertiary/aromatic N) is 2. The van der Waals surface area contributed by atoms with Gasteiger partial charge in [0, 0.05) is 28.8 Å². The van der Waals surface area contributed by atoms with Crippen LogP contribution in [0.4, 0.5) is 5.69 Å². The van der Waals surface area contributed by atoms with Crippen molar-refractivity contribution in [3.8, 4) is 0 Å². The number of rotatable bonds is 5. The van der Waals surface area contributed by atoms with Crippen molar-refractivity contribution in [2.24, 2.45) is 11.8 Å². The Bertz CT molecular complexity index is 1290. The summed E-state index contributed by atoms with van der Waals surface area (Å²) < 4.78 is 2.72. The minimum atomic E-state index is 0.511. The molecule has 3 atom stereocenters. The first-order valence-corrected chi connectivity index (χ1v) is 15.4. The Morgan fingerprint density at radius 3 is 2.37 bits per heavy atom. The molecule has 2 nitrogen and oxygen atoms in total. The highest BCUT2D eigenvalue weighted by atomic mass is 15.2. The van der Waals surface area contributed by atoms with Crippen LogP contribution in [0.3, 0.4) is 0 Å². The molecule has 1 fully saturated rings. The Hall–Kier alpha value is -3.00. The monoisotopic (exact) mass is 502 g/mol. The van der Waals surface area contributed by atoms with E-state index in [0.717, 1.165) is 6.42 Å². The number of anilines is 1. The standard InChI is InChI=1S/C36H42N2/c1-3-11-29(12-4-1)37(30-13-5-2-6-14-30)31-23-19-27(20-24-31)28-21-25-32(26-22-28)38-35-17-9-7-15-33(35)34-16-8-10-18-36(34)38/h1,3-4,7,10-12,15,18-19,21,23-25,27-28,30,32H,2,5-6,8-9,13-14,16-17,20,22,26H2. The minimum Gasteiger partial charge on any atom is -0.339 e. The van der Waals surface area contributed by atoms with Gasteiger partial charge in [-0.2, -0.15) is 0 Å². The van der Waals surface area contributed by atoms with Crippen molar-refractivity contribution in [1.29, 1.82) is 0 Å². The predicted octanol–water partition coefficient (Wildman–Crippen LogP) is 9.21. The van der Waals surface area contributed by atoms with Crippen molar-refractivity contribution in [1.82, 2.24) is 4.57 Å². The maximum atomic E-state index is 2.72. The van der Waals surface area contributed by atoms with Gasteiger partial charge in [-0.3, -0.25) is 0 Å². The van der Waals surface area contributed by atoms with E-state index in [4.69, 9.17) is 0 Å². The third kappa shape index (κ3) is 4.46. The number of hydrogen-bond donors (Lipinski definition) is 0. The summed E-state index contributed by atoms with van der Waals surface area (Å²) in [5.41, 5.74) is 9.00. The fourth-order valence-electron chi connectivity index (χ4n) is 7.87. The Labute approximate surface area is 229 Å². The summed E-state index contributed by atoms with van der Waals surface area (Å²) in [5.74, 6) is 1.27. The zero-order chi connectivity index (χ0) is 25.3. The van der Waals surface area contributed by atoms with Crippen molar-refractivity contribution >= 4 is 17.8 Å². The zero-order valence-electron chi connectivity index (χ0n) is 22.8. The minimum absolute atomic E-state index is 0.511. The van der Waals surface area contributed by atoms with Crippen LogP contribution in [0.5, 0.6) is 0 Å². The average molecular weight is 503 g/mol. The molecule has 0 aliphatic heterocycles. The number of benzene rings is 1. The summed E-state index contributed by atoms with van der Waals surface area (Å²) in [5, 5.41) is 0. The van der Waals surface area contributed by atoms with Gasteiger partial charge in [0.05, 0.1) is 6.04 Å². The van der Waals surface area contributed by atoms with Gasteiger partial charge in [0.25, 0.3) is 0 Å². The van der Waals surface area contributed by atoms with Crippen LogP contribution >= 0.6 is 0 Å². The predicted molar refractivity (Wildman–Crippen MR) is 161 cm³/mol. The summed E-state index contributed by atoms with van der Waals surface area (Å²) >= 11 is 0. The number of para-hydroxylation sites is 1. The molecule has 5 aliphatic carbocycles. The molecule has 7 rings (SSSR count). The maximum absolute atomic E-state index is 2.72. The van der Waals surface area contributed by atoms with Crippen molar-refractivity contribution in [3.63, 3.8) is 0 Å². The first-order chi connectivity index (χ1) is 18.9. The molecular formula is C36H42N2. The van der Waals surface area contributed by atoms with E-state index >= 15 is 0 Å². The van der Waals surface area contributed by atoms with Gasteiger partial charge in [-0.1, -0.05) is 80.0 Å². The molecule has 5 aliphatic rings. The van der Waals surface area contributed by atoms with Gasteiger partial charge in [0.1, 0.15) is 0 Å². The van der Waals surface area contributed by atoms with E-state index in [1.807, 2.05) is 0 Å². The van der Waals surface area contributed by atoms with Crippen molar-refractivity contribution in [2.45, 2.75) is 89.1 Å². The SMILES string of the molecule is C1=Cc2c(c3c(n2C2C=CC(C4C=CC(N(c5ccccc5)C5CCCCC5)=CC4)CC2)CCC=C3)CC1. The molecule has 0 amide bonds. The lowest BCUT2D eigenvalue weighted by Gasteiger charge is -2.38. The van der Waals surface area contributed by atoms with Crippen LogP contribution in [-0.4, -0.2) is 10.6 Å². The summed E-state index contributed by atoms with van der Waals surface area (Å²) in [7, 11) is 0. The smallest absolute Gasteiger partial charge is 0.0519 e. The highest BCUT2D eigenvalue weighted by Gasteiger charge is 2.30. The summed E-state index contributed by atoms with van der Waals surface area (Å²) in [6.07, 6.45) is 37.4. The molecule has 0 spiro atoms. The second kappa shape index (κ2) is 10.6. The Kier molecular flexibility index (Phi) is 6.74. The molecule has 38 heavy (non-hydrogen) atoms. The molecule has 1 aromatic carbocycles. The Morgan fingerprint density at radius 1 is 0.737 bits per heavy atom. The maximum Gasteiger partial charge on any atom is 0.0519 e. The third-order valence-electron chi connectivity index (χ3n) is 9.79. The molecule has 0 N–H and O–H groups in total. The average Bonchev–Trinajstić information content (AvgIpc) is 3.33. The van der Waals surface area contributed by atoms with Crippen molar-refractivity contribution in [3.05, 3.63) is 101 Å². The highest BCUT2D eigenvalue weighted by Crippen LogP contribution is 2.41. The van der Waals surface area contributed by atoms with E-state index in [9.17, 15) is 0 Å². The first kappa shape index (κ1) is 24.1. The molecule has 1 saturated carbocycles. The second-order valence-corrected chi connectivity index (χ2v) is 12.1. The van der Waals surface area contributed by atoms with Crippen LogP contribution in [0.25, 0.3) is 12.2 Å². The fraction of sp³-hybridized carbons (Fsp3) is 0.444. The second-order valence-electron chi connectivity index (χ2n) is 12.1. The number of allylic oxidation sites excluding steroid dienone is 7. The van der Waals surface area contributed by atoms with Crippen LogP contribution in [0, 0.1) is 11.8 Å². The van der Waals surface area contributed by atoms with Gasteiger partial charge in [-0.05, 0) is 105 Å². The fourth-order valence-corrected chi connectivity index (χ4v) is 7.87. The highest BCUT2D eigenvalue weighted by molar-refractivity contribution is 5.69. The van der Waals surface area contributed by atoms with Crippen molar-refractivity contribution in [2.75, 3.05) is 4.90 Å². The van der Waals surface area contributed by atoms with E-state index in [1.54, 1.807) is 16.8 Å². The van der Waals surface area contributed by atoms with Crippen molar-refractivity contribution < 1.29 is 0 Å². The first-order valence-electron chi connectivity index (χ1n) is 15.4. The molecular weight excluding hydrogens is 460 g/mol. The summed E-state index contributed by atoms with van der Waals surface area (Å²) in [6, 6.07) is 12.3. The molecule has 3 unspecified atom stereocenters. The van der Waals surface area contributed by atoms with E-state index < -0.39 is 0 Å². The van der Waals surface area contributed by atoms with Crippen LogP contribution in [0.15, 0.2) is 78.6 Å². The topological polar surface area (TPSA) is 8.17 Å². The van der Waals surface area contributed by atoms with Gasteiger partial charge < -0.3 is 9.47 Å². The zero-order valence-corrected chi connectivity index (χ0v) is 22.8. The lowest BCUT2D eigenvalue weighted by molar-refractivity contribution is 0.372. The van der Waals surface area contributed by atoms with Crippen LogP contribution < -0.4 is 4.90 Å². The van der Waals surface area contributed by atoms with E-state index in [2.05, 4.69) is 94.5 Å². The molecule has 196 valence electrons. The number of fused-ring (bicyclic) bond motifs is 3. The van der Waals surface area contributed by atoms with Gasteiger partial charge in [-0.15, -0.1) is 0 Å². The molecule has 0 radical (unpaired) electrons. The van der Waals surface area contributed by atoms with E-state index in [-0.39, 0.29) is 0 Å². The lowest BCUT2D eigenvalue weighted by atomic mass is 9.79. The van der Waals surface area contributed by atoms with Crippen LogP contribution in [0.2, 0.25) is 0 Å². The Balaban J connectivity index is 1.08. The summed E-state index contributed by atoms with van der Waals surface area (Å²) in [6.45, 7) is 0. The number of aromatic nitrogens is 1.